The molecule has 1 fully saturated rings. The molecule has 1 N–H and O–H groups in total. The number of nitrogens with zero attached hydrogens (tertiary/aromatic N) is 2. The maximum atomic E-state index is 12.1. The SMILES string of the molecule is CC(C)(C)OC(=O)N1CCOCC1C1=NCCN1. The number of nitrogens with one attached hydrogen (secondary N) is 1. The van der Waals surface area contributed by atoms with Crippen molar-refractivity contribution in [1.82, 2.24) is 10.2 Å². The molecule has 0 spiro atoms. The molecule has 0 aromatic carbocycles. The van der Waals surface area contributed by atoms with Gasteiger partial charge in [0, 0.05) is 13.1 Å². The summed E-state index contributed by atoms with van der Waals surface area (Å²) < 4.78 is 10.9. The number of amidine groups is 1. The first-order valence-electron chi connectivity index (χ1n) is 6.33. The molecule has 0 radical (unpaired) electrons. The van der Waals surface area contributed by atoms with E-state index >= 15 is 0 Å². The van der Waals surface area contributed by atoms with Crippen LogP contribution in [0.5, 0.6) is 0 Å². The Balaban J connectivity index is 2.05. The molecule has 2 aliphatic heterocycles. The molecule has 0 aliphatic carbocycles. The highest BCUT2D eigenvalue weighted by molar-refractivity contribution is 5.91. The largest absolute Gasteiger partial charge is 0.444 e. The van der Waals surface area contributed by atoms with Crippen molar-refractivity contribution in [2.24, 2.45) is 4.99 Å². The normalized spacial score (nSPS) is 24.5. The van der Waals surface area contributed by atoms with Crippen molar-refractivity contribution in [2.45, 2.75) is 32.4 Å². The number of hydrogen-bond donors (Lipinski definition) is 1. The maximum absolute atomic E-state index is 12.1. The van der Waals surface area contributed by atoms with Crippen LogP contribution in [0.4, 0.5) is 4.79 Å². The van der Waals surface area contributed by atoms with E-state index in [1.54, 1.807) is 4.90 Å². The Kier molecular flexibility index (Phi) is 3.75. The molecule has 102 valence electrons. The van der Waals surface area contributed by atoms with Crippen LogP contribution in [0.25, 0.3) is 0 Å². The Bertz CT molecular complexity index is 349. The lowest BCUT2D eigenvalue weighted by molar-refractivity contribution is -0.0183. The highest BCUT2D eigenvalue weighted by Crippen LogP contribution is 2.15. The molecular formula is C12H21N3O3. The Hall–Kier alpha value is -1.30. The molecule has 2 heterocycles. The van der Waals surface area contributed by atoms with Crippen molar-refractivity contribution in [2.75, 3.05) is 32.8 Å². The van der Waals surface area contributed by atoms with Gasteiger partial charge in [-0.25, -0.2) is 4.79 Å². The molecule has 6 nitrogen and oxygen atoms in total. The second kappa shape index (κ2) is 5.14. The minimum absolute atomic E-state index is 0.143. The van der Waals surface area contributed by atoms with Crippen molar-refractivity contribution < 1.29 is 14.3 Å². The molecule has 2 aliphatic rings. The van der Waals surface area contributed by atoms with Gasteiger partial charge in [-0.05, 0) is 20.8 Å². The molecule has 0 saturated carbocycles. The first-order chi connectivity index (χ1) is 8.47. The lowest BCUT2D eigenvalue weighted by atomic mass is 10.2. The van der Waals surface area contributed by atoms with Crippen LogP contribution in [0.2, 0.25) is 0 Å². The number of carbonyl (C=O) groups excluding carboxylic acids is 1. The molecule has 18 heavy (non-hydrogen) atoms. The second-order valence-corrected chi connectivity index (χ2v) is 5.46. The Morgan fingerprint density at radius 1 is 1.56 bits per heavy atom. The minimum Gasteiger partial charge on any atom is -0.444 e. The van der Waals surface area contributed by atoms with E-state index in [2.05, 4.69) is 10.3 Å². The van der Waals surface area contributed by atoms with Gasteiger partial charge >= 0.3 is 6.09 Å². The number of ether oxygens (including phenoxy) is 2. The molecule has 1 atom stereocenters. The lowest BCUT2D eigenvalue weighted by Crippen LogP contribution is -2.56. The van der Waals surface area contributed by atoms with Gasteiger partial charge in [0.05, 0.1) is 19.8 Å². The number of hydrogen-bond acceptors (Lipinski definition) is 5. The van der Waals surface area contributed by atoms with E-state index in [1.165, 1.54) is 0 Å². The fraction of sp³-hybridized carbons (Fsp3) is 0.833. The van der Waals surface area contributed by atoms with Crippen LogP contribution in [-0.2, 0) is 9.47 Å². The van der Waals surface area contributed by atoms with E-state index < -0.39 is 5.60 Å². The van der Waals surface area contributed by atoms with Crippen LogP contribution in [0.3, 0.4) is 0 Å². The quantitative estimate of drug-likeness (QED) is 0.746. The van der Waals surface area contributed by atoms with Crippen LogP contribution >= 0.6 is 0 Å². The average Bonchev–Trinajstić information content (AvgIpc) is 2.80. The third kappa shape index (κ3) is 3.13. The molecule has 1 saturated heterocycles. The zero-order chi connectivity index (χ0) is 13.2. The Morgan fingerprint density at radius 2 is 2.33 bits per heavy atom. The first kappa shape index (κ1) is 13.1. The number of aliphatic imine (C=N–C) groups is 1. The van der Waals surface area contributed by atoms with Gasteiger partial charge in [-0.15, -0.1) is 0 Å². The van der Waals surface area contributed by atoms with Gasteiger partial charge < -0.3 is 14.8 Å². The second-order valence-electron chi connectivity index (χ2n) is 5.46. The molecule has 0 bridgehead atoms. The molecule has 1 unspecified atom stereocenters. The molecule has 1 amide bonds. The maximum Gasteiger partial charge on any atom is 0.411 e. The van der Waals surface area contributed by atoms with E-state index in [0.717, 1.165) is 18.9 Å². The van der Waals surface area contributed by atoms with E-state index in [1.807, 2.05) is 20.8 Å². The van der Waals surface area contributed by atoms with E-state index in [4.69, 9.17) is 9.47 Å². The standard InChI is InChI=1S/C12H21N3O3/c1-12(2,3)18-11(16)15-6-7-17-8-9(15)10-13-4-5-14-10/h9H,4-8H2,1-3H3,(H,13,14). The van der Waals surface area contributed by atoms with Gasteiger partial charge in [0.1, 0.15) is 17.5 Å². The first-order valence-corrected chi connectivity index (χ1v) is 6.33. The van der Waals surface area contributed by atoms with Gasteiger partial charge in [0.25, 0.3) is 0 Å². The average molecular weight is 255 g/mol. The fourth-order valence-electron chi connectivity index (χ4n) is 2.01. The van der Waals surface area contributed by atoms with Crippen molar-refractivity contribution in [3.05, 3.63) is 0 Å². The van der Waals surface area contributed by atoms with Crippen LogP contribution in [-0.4, -0.2) is 61.3 Å². The van der Waals surface area contributed by atoms with Crippen LogP contribution in [0.15, 0.2) is 4.99 Å². The van der Waals surface area contributed by atoms with E-state index in [9.17, 15) is 4.79 Å². The lowest BCUT2D eigenvalue weighted by Gasteiger charge is -2.36. The summed E-state index contributed by atoms with van der Waals surface area (Å²) in [5, 5.41) is 3.19. The summed E-state index contributed by atoms with van der Waals surface area (Å²) in [6.07, 6.45) is -0.299. The van der Waals surface area contributed by atoms with Gasteiger partial charge in [-0.2, -0.15) is 0 Å². The minimum atomic E-state index is -0.481. The number of carbonyl (C=O) groups is 1. The molecular weight excluding hydrogens is 234 g/mol. The summed E-state index contributed by atoms with van der Waals surface area (Å²) in [5.74, 6) is 0.834. The van der Waals surface area contributed by atoms with Crippen molar-refractivity contribution >= 4 is 11.9 Å². The predicted octanol–water partition coefficient (Wildman–Crippen LogP) is 0.624. The zero-order valence-electron chi connectivity index (χ0n) is 11.2. The third-order valence-electron chi connectivity index (χ3n) is 2.77. The smallest absolute Gasteiger partial charge is 0.411 e. The van der Waals surface area contributed by atoms with Crippen LogP contribution in [0.1, 0.15) is 20.8 Å². The number of amides is 1. The summed E-state index contributed by atoms with van der Waals surface area (Å²) in [4.78, 5) is 18.2. The molecule has 6 heteroatoms. The zero-order valence-corrected chi connectivity index (χ0v) is 11.2. The summed E-state index contributed by atoms with van der Waals surface area (Å²) in [6.45, 7) is 8.75. The Morgan fingerprint density at radius 3 is 2.94 bits per heavy atom. The number of rotatable bonds is 1. The van der Waals surface area contributed by atoms with Crippen LogP contribution in [0, 0.1) is 0 Å². The highest BCUT2D eigenvalue weighted by Gasteiger charge is 2.34. The van der Waals surface area contributed by atoms with E-state index in [0.29, 0.717) is 19.8 Å². The van der Waals surface area contributed by atoms with Crippen molar-refractivity contribution in [3.8, 4) is 0 Å². The van der Waals surface area contributed by atoms with Gasteiger partial charge in [0.2, 0.25) is 0 Å². The fourth-order valence-corrected chi connectivity index (χ4v) is 2.01. The van der Waals surface area contributed by atoms with Gasteiger partial charge in [-0.3, -0.25) is 9.89 Å². The monoisotopic (exact) mass is 255 g/mol. The van der Waals surface area contributed by atoms with E-state index in [-0.39, 0.29) is 12.1 Å². The molecule has 0 aromatic heterocycles. The number of morpholine rings is 1. The predicted molar refractivity (Wildman–Crippen MR) is 67.9 cm³/mol. The third-order valence-corrected chi connectivity index (χ3v) is 2.77. The van der Waals surface area contributed by atoms with Gasteiger partial charge in [-0.1, -0.05) is 0 Å². The van der Waals surface area contributed by atoms with Crippen LogP contribution < -0.4 is 5.32 Å². The summed E-state index contributed by atoms with van der Waals surface area (Å²) in [7, 11) is 0. The van der Waals surface area contributed by atoms with Crippen molar-refractivity contribution in [3.63, 3.8) is 0 Å². The molecule has 0 aromatic rings. The van der Waals surface area contributed by atoms with Crippen molar-refractivity contribution in [1.29, 1.82) is 0 Å². The summed E-state index contributed by atoms with van der Waals surface area (Å²) in [5.41, 5.74) is -0.481. The highest BCUT2D eigenvalue weighted by atomic mass is 16.6. The van der Waals surface area contributed by atoms with Gasteiger partial charge in [0.15, 0.2) is 0 Å². The molecule has 2 rings (SSSR count). The Labute approximate surface area is 107 Å². The topological polar surface area (TPSA) is 63.2 Å². The summed E-state index contributed by atoms with van der Waals surface area (Å²) in [6, 6.07) is -0.143. The summed E-state index contributed by atoms with van der Waals surface area (Å²) >= 11 is 0.